The van der Waals surface area contributed by atoms with E-state index in [1.54, 1.807) is 0 Å². The summed E-state index contributed by atoms with van der Waals surface area (Å²) in [6.07, 6.45) is 5.83. The largest absolute Gasteiger partial charge is 0.453 e. The highest BCUT2D eigenvalue weighted by Crippen LogP contribution is 2.19. The maximum Gasteiger partial charge on any atom is 0.407 e. The lowest BCUT2D eigenvalue weighted by molar-refractivity contribution is 0.166. The number of carbonyl (C=O) groups excluding carboxylic acids is 1. The van der Waals surface area contributed by atoms with Crippen LogP contribution in [-0.4, -0.2) is 23.2 Å². The van der Waals surface area contributed by atoms with Gasteiger partial charge in [0.1, 0.15) is 0 Å². The highest BCUT2D eigenvalue weighted by atomic mass is 127. The Kier molecular flexibility index (Phi) is 3.84. The first-order valence-electron chi connectivity index (χ1n) is 3.87. The maximum absolute atomic E-state index is 10.9. The summed E-state index contributed by atoms with van der Waals surface area (Å²) in [6.45, 7) is 0. The fourth-order valence-corrected chi connectivity index (χ4v) is 1.91. The summed E-state index contributed by atoms with van der Waals surface area (Å²) in [5.74, 6) is 0. The molecule has 0 aromatic heterocycles. The zero-order valence-corrected chi connectivity index (χ0v) is 9.08. The van der Waals surface area contributed by atoms with Gasteiger partial charge in [-0.25, -0.2) is 4.79 Å². The molecule has 1 rings (SSSR count). The van der Waals surface area contributed by atoms with Crippen molar-refractivity contribution in [3.63, 3.8) is 0 Å². The van der Waals surface area contributed by atoms with Crippen molar-refractivity contribution in [2.24, 2.45) is 0 Å². The Bertz CT molecular complexity index is 193. The van der Waals surface area contributed by atoms with Crippen LogP contribution < -0.4 is 5.32 Å². The molecule has 0 spiro atoms. The van der Waals surface area contributed by atoms with Crippen LogP contribution in [0.1, 0.15) is 12.8 Å². The van der Waals surface area contributed by atoms with Gasteiger partial charge in [0.15, 0.2) is 0 Å². The standard InChI is InChI=1S/C8H12INO2/c1-12-8(11)10-7-5-3-2-4-6(7)9/h2-3,6-7H,4-5H2,1H3,(H,10,11)/t6-,7+/m1/s1. The van der Waals surface area contributed by atoms with E-state index in [0.717, 1.165) is 12.8 Å². The maximum atomic E-state index is 10.9. The zero-order valence-electron chi connectivity index (χ0n) is 6.92. The fourth-order valence-electron chi connectivity index (χ4n) is 1.14. The van der Waals surface area contributed by atoms with Crippen LogP contribution in [0.15, 0.2) is 12.2 Å². The van der Waals surface area contributed by atoms with Gasteiger partial charge >= 0.3 is 6.09 Å². The van der Waals surface area contributed by atoms with E-state index in [4.69, 9.17) is 0 Å². The molecule has 4 heteroatoms. The third-order valence-electron chi connectivity index (χ3n) is 1.84. The molecule has 0 radical (unpaired) electrons. The Morgan fingerprint density at radius 2 is 2.25 bits per heavy atom. The minimum atomic E-state index is -0.336. The SMILES string of the molecule is COC(=O)N[C@H]1CC=CC[C@H]1I. The van der Waals surface area contributed by atoms with E-state index in [9.17, 15) is 4.79 Å². The van der Waals surface area contributed by atoms with Crippen LogP contribution in [0.2, 0.25) is 0 Å². The van der Waals surface area contributed by atoms with Gasteiger partial charge in [-0.1, -0.05) is 34.7 Å². The van der Waals surface area contributed by atoms with Gasteiger partial charge < -0.3 is 10.1 Å². The molecule has 0 bridgehead atoms. The first kappa shape index (κ1) is 9.83. The van der Waals surface area contributed by atoms with Crippen LogP contribution in [0.3, 0.4) is 0 Å². The van der Waals surface area contributed by atoms with Crippen molar-refractivity contribution in [3.8, 4) is 0 Å². The molecule has 0 saturated heterocycles. The van der Waals surface area contributed by atoms with E-state index in [1.165, 1.54) is 7.11 Å². The average Bonchev–Trinajstić information content (AvgIpc) is 2.09. The fraction of sp³-hybridized carbons (Fsp3) is 0.625. The summed E-state index contributed by atoms with van der Waals surface area (Å²) in [5.41, 5.74) is 0. The van der Waals surface area contributed by atoms with Gasteiger partial charge in [-0.3, -0.25) is 0 Å². The van der Waals surface area contributed by atoms with Gasteiger partial charge in [0.25, 0.3) is 0 Å². The van der Waals surface area contributed by atoms with E-state index in [-0.39, 0.29) is 12.1 Å². The van der Waals surface area contributed by atoms with Gasteiger partial charge in [0.05, 0.1) is 7.11 Å². The molecule has 2 atom stereocenters. The lowest BCUT2D eigenvalue weighted by Gasteiger charge is -2.23. The second-order valence-corrected chi connectivity index (χ2v) is 4.30. The van der Waals surface area contributed by atoms with Gasteiger partial charge in [-0.2, -0.15) is 0 Å². The van der Waals surface area contributed by atoms with Crippen LogP contribution in [-0.2, 0) is 4.74 Å². The topological polar surface area (TPSA) is 38.3 Å². The summed E-state index contributed by atoms with van der Waals surface area (Å²) < 4.78 is 5.00. The van der Waals surface area contributed by atoms with E-state index in [1.807, 2.05) is 0 Å². The molecule has 0 fully saturated rings. The minimum absolute atomic E-state index is 0.225. The summed E-state index contributed by atoms with van der Waals surface area (Å²) in [6, 6.07) is 0.225. The van der Waals surface area contributed by atoms with Crippen molar-refractivity contribution in [1.82, 2.24) is 5.32 Å². The number of methoxy groups -OCH3 is 1. The van der Waals surface area contributed by atoms with Gasteiger partial charge in [0, 0.05) is 9.97 Å². The molecular formula is C8H12INO2. The predicted molar refractivity (Wildman–Crippen MR) is 55.5 cm³/mol. The number of halogens is 1. The highest BCUT2D eigenvalue weighted by Gasteiger charge is 2.21. The van der Waals surface area contributed by atoms with Crippen molar-refractivity contribution in [1.29, 1.82) is 0 Å². The summed E-state index contributed by atoms with van der Waals surface area (Å²) >= 11 is 2.35. The molecule has 68 valence electrons. The number of hydrogen-bond acceptors (Lipinski definition) is 2. The molecule has 1 aliphatic carbocycles. The number of rotatable bonds is 1. The second kappa shape index (κ2) is 4.69. The Balaban J connectivity index is 2.40. The average molecular weight is 281 g/mol. The number of ether oxygens (including phenoxy) is 1. The summed E-state index contributed by atoms with van der Waals surface area (Å²) in [7, 11) is 1.39. The third kappa shape index (κ3) is 2.66. The Morgan fingerprint density at radius 3 is 2.83 bits per heavy atom. The van der Waals surface area contributed by atoms with Gasteiger partial charge in [0.2, 0.25) is 0 Å². The lowest BCUT2D eigenvalue weighted by Crippen LogP contribution is -2.41. The molecule has 1 N–H and O–H groups in total. The van der Waals surface area contributed by atoms with E-state index >= 15 is 0 Å². The van der Waals surface area contributed by atoms with Gasteiger partial charge in [-0.15, -0.1) is 0 Å². The third-order valence-corrected chi connectivity index (χ3v) is 3.22. The first-order chi connectivity index (χ1) is 5.74. The van der Waals surface area contributed by atoms with Crippen molar-refractivity contribution in [2.45, 2.75) is 22.8 Å². The van der Waals surface area contributed by atoms with Gasteiger partial charge in [-0.05, 0) is 12.8 Å². The molecule has 1 aliphatic rings. The molecule has 12 heavy (non-hydrogen) atoms. The summed E-state index contributed by atoms with van der Waals surface area (Å²) in [5, 5.41) is 2.80. The lowest BCUT2D eigenvalue weighted by atomic mass is 10.0. The van der Waals surface area contributed by atoms with Crippen LogP contribution in [0.25, 0.3) is 0 Å². The molecule has 0 saturated carbocycles. The minimum Gasteiger partial charge on any atom is -0.453 e. The van der Waals surface area contributed by atoms with Crippen molar-refractivity contribution >= 4 is 28.7 Å². The molecule has 0 aromatic rings. The molecule has 3 nitrogen and oxygen atoms in total. The number of hydrogen-bond donors (Lipinski definition) is 1. The van der Waals surface area contributed by atoms with Crippen LogP contribution in [0.4, 0.5) is 4.79 Å². The number of allylic oxidation sites excluding steroid dienone is 1. The Hall–Kier alpha value is -0.260. The molecule has 0 unspecified atom stereocenters. The van der Waals surface area contributed by atoms with Crippen molar-refractivity contribution in [3.05, 3.63) is 12.2 Å². The zero-order chi connectivity index (χ0) is 8.97. The molecular weight excluding hydrogens is 269 g/mol. The molecule has 0 heterocycles. The van der Waals surface area contributed by atoms with E-state index in [2.05, 4.69) is 44.8 Å². The van der Waals surface area contributed by atoms with Crippen molar-refractivity contribution < 1.29 is 9.53 Å². The number of carbonyl (C=O) groups is 1. The monoisotopic (exact) mass is 281 g/mol. The first-order valence-corrected chi connectivity index (χ1v) is 5.12. The second-order valence-electron chi connectivity index (χ2n) is 2.70. The quantitative estimate of drug-likeness (QED) is 0.452. The van der Waals surface area contributed by atoms with Crippen LogP contribution in [0, 0.1) is 0 Å². The number of amides is 1. The summed E-state index contributed by atoms with van der Waals surface area (Å²) in [4.78, 5) is 10.9. The van der Waals surface area contributed by atoms with Crippen LogP contribution in [0.5, 0.6) is 0 Å². The smallest absolute Gasteiger partial charge is 0.407 e. The molecule has 0 aliphatic heterocycles. The van der Waals surface area contributed by atoms with E-state index < -0.39 is 0 Å². The van der Waals surface area contributed by atoms with Crippen molar-refractivity contribution in [2.75, 3.05) is 7.11 Å². The Morgan fingerprint density at radius 1 is 1.58 bits per heavy atom. The van der Waals surface area contributed by atoms with Crippen LogP contribution >= 0.6 is 22.6 Å². The van der Waals surface area contributed by atoms with E-state index in [0.29, 0.717) is 3.92 Å². The number of alkyl halides is 1. The predicted octanol–water partition coefficient (Wildman–Crippen LogP) is 1.86. The Labute approximate surface area is 85.7 Å². The number of alkyl carbamates (subject to hydrolysis) is 1. The molecule has 1 amide bonds. The normalized spacial score (nSPS) is 28.2. The highest BCUT2D eigenvalue weighted by molar-refractivity contribution is 14.1. The molecule has 0 aromatic carbocycles. The number of nitrogens with one attached hydrogen (secondary N) is 1.